The molecule has 0 aromatic heterocycles. The number of ketones is 1. The third-order valence-corrected chi connectivity index (χ3v) is 4.01. The van der Waals surface area contributed by atoms with Crippen molar-refractivity contribution in [2.75, 3.05) is 14.2 Å². The van der Waals surface area contributed by atoms with E-state index in [1.807, 2.05) is 12.1 Å². The summed E-state index contributed by atoms with van der Waals surface area (Å²) in [6, 6.07) is 3.66. The van der Waals surface area contributed by atoms with E-state index >= 15 is 0 Å². The summed E-state index contributed by atoms with van der Waals surface area (Å²) in [5, 5.41) is 0. The minimum atomic E-state index is -1.10. The number of ether oxygens (including phenoxy) is 3. The van der Waals surface area contributed by atoms with Crippen molar-refractivity contribution < 1.29 is 23.8 Å². The summed E-state index contributed by atoms with van der Waals surface area (Å²) in [5.74, 6) is 0.859. The molecule has 0 N–H and O–H groups in total. The van der Waals surface area contributed by atoms with E-state index < -0.39 is 11.6 Å². The van der Waals surface area contributed by atoms with Gasteiger partial charge in [-0.1, -0.05) is 0 Å². The summed E-state index contributed by atoms with van der Waals surface area (Å²) in [4.78, 5) is 23.5. The molecule has 0 unspecified atom stereocenters. The number of hydrogen-bond donors (Lipinski definition) is 0. The number of benzene rings is 1. The number of rotatable bonds is 4. The molecule has 5 nitrogen and oxygen atoms in total. The maximum absolute atomic E-state index is 12.1. The fourth-order valence-corrected chi connectivity index (χ4v) is 2.94. The van der Waals surface area contributed by atoms with Crippen LogP contribution in [0.4, 0.5) is 0 Å². The highest BCUT2D eigenvalue weighted by Crippen LogP contribution is 2.41. The van der Waals surface area contributed by atoms with Crippen LogP contribution in [0.1, 0.15) is 31.4 Å². The zero-order valence-electron chi connectivity index (χ0n) is 12.8. The summed E-state index contributed by atoms with van der Waals surface area (Å²) in [5.41, 5.74) is 0.791. The van der Waals surface area contributed by atoms with Crippen LogP contribution in [0.25, 0.3) is 0 Å². The van der Waals surface area contributed by atoms with Gasteiger partial charge in [-0.2, -0.15) is 0 Å². The van der Waals surface area contributed by atoms with Crippen LogP contribution in [-0.2, 0) is 27.2 Å². The molecule has 0 aliphatic heterocycles. The molecule has 5 heteroatoms. The van der Waals surface area contributed by atoms with Crippen LogP contribution < -0.4 is 9.47 Å². The van der Waals surface area contributed by atoms with E-state index in [0.717, 1.165) is 16.9 Å². The number of fused-ring (bicyclic) bond motifs is 1. The van der Waals surface area contributed by atoms with Gasteiger partial charge in [0.2, 0.25) is 0 Å². The lowest BCUT2D eigenvalue weighted by Gasteiger charge is -2.36. The molecule has 0 saturated carbocycles. The van der Waals surface area contributed by atoms with Crippen LogP contribution in [-0.4, -0.2) is 31.6 Å². The van der Waals surface area contributed by atoms with Gasteiger partial charge in [0.05, 0.1) is 14.2 Å². The molecule has 1 aliphatic carbocycles. The second-order valence-electron chi connectivity index (χ2n) is 5.25. The molecule has 0 amide bonds. The van der Waals surface area contributed by atoms with Gasteiger partial charge in [-0.25, -0.2) is 0 Å². The number of carbonyl (C=O) groups excluding carboxylic acids is 2. The van der Waals surface area contributed by atoms with E-state index in [2.05, 4.69) is 0 Å². The Balaban J connectivity index is 2.50. The molecule has 2 rings (SSSR count). The first-order valence-electron chi connectivity index (χ1n) is 6.87. The zero-order chi connectivity index (χ0) is 15.6. The second kappa shape index (κ2) is 5.76. The van der Waals surface area contributed by atoms with Crippen LogP contribution in [0.3, 0.4) is 0 Å². The quantitative estimate of drug-likeness (QED) is 0.795. The molecular formula is C16H20O5. The second-order valence-corrected chi connectivity index (χ2v) is 5.25. The maximum atomic E-state index is 12.1. The van der Waals surface area contributed by atoms with Gasteiger partial charge in [-0.3, -0.25) is 9.59 Å². The Kier molecular flexibility index (Phi) is 4.21. The van der Waals surface area contributed by atoms with Gasteiger partial charge >= 0.3 is 5.97 Å². The first-order chi connectivity index (χ1) is 9.93. The molecule has 0 saturated heterocycles. The lowest BCUT2D eigenvalue weighted by molar-refractivity contribution is -0.166. The lowest BCUT2D eigenvalue weighted by atomic mass is 9.77. The van der Waals surface area contributed by atoms with Gasteiger partial charge in [0, 0.05) is 24.5 Å². The van der Waals surface area contributed by atoms with E-state index in [1.165, 1.54) is 13.8 Å². The van der Waals surface area contributed by atoms with Gasteiger partial charge in [-0.05, 0) is 31.9 Å². The molecule has 0 fully saturated rings. The fourth-order valence-electron chi connectivity index (χ4n) is 2.94. The minimum absolute atomic E-state index is 0.145. The predicted molar refractivity (Wildman–Crippen MR) is 76.7 cm³/mol. The van der Waals surface area contributed by atoms with Crippen molar-refractivity contribution in [1.82, 2.24) is 0 Å². The number of methoxy groups -OCH3 is 2. The molecule has 1 aromatic rings. The third-order valence-electron chi connectivity index (χ3n) is 4.01. The molecule has 1 aromatic carbocycles. The average Bonchev–Trinajstić information content (AvgIpc) is 2.45. The first-order valence-corrected chi connectivity index (χ1v) is 6.87. The highest BCUT2D eigenvalue weighted by Gasteiger charge is 2.43. The highest BCUT2D eigenvalue weighted by atomic mass is 16.6. The normalized spacial score (nSPS) is 20.4. The smallest absolute Gasteiger partial charge is 0.303 e. The molecule has 0 heterocycles. The van der Waals surface area contributed by atoms with E-state index in [-0.39, 0.29) is 5.78 Å². The molecule has 114 valence electrons. The zero-order valence-corrected chi connectivity index (χ0v) is 12.8. The summed E-state index contributed by atoms with van der Waals surface area (Å²) in [6.45, 7) is 2.78. The summed E-state index contributed by atoms with van der Waals surface area (Å²) in [7, 11) is 3.19. The van der Waals surface area contributed by atoms with Crippen LogP contribution in [0.15, 0.2) is 12.1 Å². The van der Waals surface area contributed by atoms with Crippen LogP contribution in [0, 0.1) is 0 Å². The van der Waals surface area contributed by atoms with Gasteiger partial charge in [0.25, 0.3) is 0 Å². The van der Waals surface area contributed by atoms with Crippen molar-refractivity contribution in [3.05, 3.63) is 23.3 Å². The number of esters is 1. The fraction of sp³-hybridized carbons (Fsp3) is 0.500. The Labute approximate surface area is 124 Å². The van der Waals surface area contributed by atoms with Crippen LogP contribution in [0.5, 0.6) is 11.5 Å². The molecule has 1 aliphatic rings. The molecule has 0 radical (unpaired) electrons. The standard InChI is InChI=1S/C16H20O5/c1-10(17)16(21-11(2)18)8-7-12-13(9-16)15(20-4)6-5-14(12)19-3/h5-6H,7-9H2,1-4H3/t16-/m1/s1. The lowest BCUT2D eigenvalue weighted by Crippen LogP contribution is -2.46. The van der Waals surface area contributed by atoms with E-state index in [1.54, 1.807) is 14.2 Å². The van der Waals surface area contributed by atoms with E-state index in [9.17, 15) is 9.59 Å². The Morgan fingerprint density at radius 1 is 1.05 bits per heavy atom. The van der Waals surface area contributed by atoms with Gasteiger partial charge in [0.1, 0.15) is 11.5 Å². The average molecular weight is 292 g/mol. The topological polar surface area (TPSA) is 61.8 Å². The van der Waals surface area contributed by atoms with Gasteiger partial charge < -0.3 is 14.2 Å². The largest absolute Gasteiger partial charge is 0.496 e. The summed E-state index contributed by atoms with van der Waals surface area (Å²) >= 11 is 0. The van der Waals surface area contributed by atoms with Crippen LogP contribution in [0.2, 0.25) is 0 Å². The van der Waals surface area contributed by atoms with Gasteiger partial charge in [-0.15, -0.1) is 0 Å². The van der Waals surface area contributed by atoms with Gasteiger partial charge in [0.15, 0.2) is 11.4 Å². The van der Waals surface area contributed by atoms with Crippen LogP contribution >= 0.6 is 0 Å². The number of hydrogen-bond acceptors (Lipinski definition) is 5. The Morgan fingerprint density at radius 2 is 1.62 bits per heavy atom. The SMILES string of the molecule is COc1ccc(OC)c2c1CC[C@](OC(C)=O)(C(C)=O)C2. The number of carbonyl (C=O) groups is 2. The molecule has 21 heavy (non-hydrogen) atoms. The molecule has 1 atom stereocenters. The third kappa shape index (κ3) is 2.73. The first kappa shape index (κ1) is 15.4. The highest BCUT2D eigenvalue weighted by molar-refractivity contribution is 5.88. The maximum Gasteiger partial charge on any atom is 0.303 e. The minimum Gasteiger partial charge on any atom is -0.496 e. The Hall–Kier alpha value is -2.04. The molecule has 0 spiro atoms. The Morgan fingerprint density at radius 3 is 2.10 bits per heavy atom. The Bertz CT molecular complexity index is 578. The van der Waals surface area contributed by atoms with Crippen molar-refractivity contribution >= 4 is 11.8 Å². The van der Waals surface area contributed by atoms with Crippen molar-refractivity contribution in [3.8, 4) is 11.5 Å². The molecule has 0 bridgehead atoms. The van der Waals surface area contributed by atoms with Crippen molar-refractivity contribution in [2.24, 2.45) is 0 Å². The predicted octanol–water partition coefficient (Wildman–Crippen LogP) is 2.08. The monoisotopic (exact) mass is 292 g/mol. The summed E-state index contributed by atoms with van der Waals surface area (Å²) in [6.07, 6.45) is 1.37. The van der Waals surface area contributed by atoms with Crippen molar-refractivity contribution in [1.29, 1.82) is 0 Å². The van der Waals surface area contributed by atoms with E-state index in [0.29, 0.717) is 25.0 Å². The summed E-state index contributed by atoms with van der Waals surface area (Å²) < 4.78 is 16.1. The van der Waals surface area contributed by atoms with E-state index in [4.69, 9.17) is 14.2 Å². The number of Topliss-reactive ketones (excluding diaryl/α,β-unsaturated/α-hetero) is 1. The van der Waals surface area contributed by atoms with Crippen molar-refractivity contribution in [3.63, 3.8) is 0 Å². The van der Waals surface area contributed by atoms with Crippen molar-refractivity contribution in [2.45, 2.75) is 38.7 Å². The molecular weight excluding hydrogens is 272 g/mol.